The Balaban J connectivity index is 1.60. The van der Waals surface area contributed by atoms with E-state index in [0.717, 1.165) is 33.4 Å². The molecule has 0 aromatic heterocycles. The molecule has 4 atom stereocenters. The summed E-state index contributed by atoms with van der Waals surface area (Å²) < 4.78 is 0.849. The molecule has 2 aromatic rings. The second-order valence-electron chi connectivity index (χ2n) is 10.8. The van der Waals surface area contributed by atoms with Crippen molar-refractivity contribution in [1.82, 2.24) is 0 Å². The van der Waals surface area contributed by atoms with Crippen LogP contribution in [0.2, 0.25) is 0 Å². The highest BCUT2D eigenvalue weighted by atomic mass is 79.9. The first-order valence-corrected chi connectivity index (χ1v) is 14.9. The molecule has 0 radical (unpaired) electrons. The van der Waals surface area contributed by atoms with Crippen LogP contribution < -0.4 is 10.4 Å². The number of benzene rings is 2. The molecule has 218 valence electrons. The Kier molecular flexibility index (Phi) is 10.3. The lowest BCUT2D eigenvalue weighted by Gasteiger charge is -2.36. The van der Waals surface area contributed by atoms with Crippen molar-refractivity contribution in [2.75, 3.05) is 11.5 Å². The van der Waals surface area contributed by atoms with E-state index in [1.807, 2.05) is 19.1 Å². The van der Waals surface area contributed by atoms with Gasteiger partial charge in [-0.1, -0.05) is 65.6 Å². The molecule has 2 amide bonds. The summed E-state index contributed by atoms with van der Waals surface area (Å²) in [4.78, 5) is 28.3. The van der Waals surface area contributed by atoms with Crippen molar-refractivity contribution in [2.24, 2.45) is 17.8 Å². The number of aliphatic hydroxyl groups excluding tert-OH is 2. The summed E-state index contributed by atoms with van der Waals surface area (Å²) in [5, 5.41) is 51.5. The number of rotatable bonds is 11. The lowest BCUT2D eigenvalue weighted by atomic mass is 9.67. The Morgan fingerprint density at radius 1 is 1.12 bits per heavy atom. The minimum atomic E-state index is -1.75. The van der Waals surface area contributed by atoms with Crippen molar-refractivity contribution in [3.63, 3.8) is 0 Å². The molecule has 2 aromatic carbocycles. The lowest BCUT2D eigenvalue weighted by Crippen LogP contribution is -2.39. The highest BCUT2D eigenvalue weighted by molar-refractivity contribution is 9.10. The van der Waals surface area contributed by atoms with Gasteiger partial charge in [-0.05, 0) is 73.5 Å². The second kappa shape index (κ2) is 13.5. The van der Waals surface area contributed by atoms with Gasteiger partial charge in [0.05, 0.1) is 30.2 Å². The molecule has 1 saturated heterocycles. The van der Waals surface area contributed by atoms with Gasteiger partial charge in [-0.25, -0.2) is 0 Å². The van der Waals surface area contributed by atoms with Gasteiger partial charge in [0.1, 0.15) is 5.75 Å². The fourth-order valence-electron chi connectivity index (χ4n) is 6.31. The summed E-state index contributed by atoms with van der Waals surface area (Å²) in [5.41, 5.74) is 3.68. The van der Waals surface area contributed by atoms with Crippen LogP contribution in [0.1, 0.15) is 57.9 Å². The van der Waals surface area contributed by atoms with E-state index in [9.17, 15) is 35.0 Å². The van der Waals surface area contributed by atoms with E-state index in [-0.39, 0.29) is 29.4 Å². The van der Waals surface area contributed by atoms with Crippen LogP contribution in [0.25, 0.3) is 6.08 Å². The van der Waals surface area contributed by atoms with Crippen molar-refractivity contribution >= 4 is 52.1 Å². The van der Waals surface area contributed by atoms with Crippen LogP contribution in [0.5, 0.6) is 5.75 Å². The molecular formula is C31H37BBrNO7. The summed E-state index contributed by atoms with van der Waals surface area (Å²) in [6.07, 6.45) is 4.53. The average molecular weight is 626 g/mol. The maximum atomic E-state index is 13.7. The van der Waals surface area contributed by atoms with E-state index in [0.29, 0.717) is 36.8 Å². The Morgan fingerprint density at radius 3 is 2.54 bits per heavy atom. The van der Waals surface area contributed by atoms with Gasteiger partial charge >= 0.3 is 7.12 Å². The molecule has 1 aliphatic heterocycles. The molecular weight excluding hydrogens is 589 g/mol. The maximum Gasteiger partial charge on any atom is 0.488 e. The summed E-state index contributed by atoms with van der Waals surface area (Å²) in [5.74, 6) is -2.86. The highest BCUT2D eigenvalue weighted by Crippen LogP contribution is 2.48. The number of allylic oxidation sites excluding steroid dienone is 2. The normalized spacial score (nSPS) is 21.9. The number of amides is 2. The molecule has 0 saturated carbocycles. The summed E-state index contributed by atoms with van der Waals surface area (Å²) in [6, 6.07) is 11.3. The first-order valence-electron chi connectivity index (χ1n) is 14.1. The number of hydrogen-bond acceptors (Lipinski definition) is 7. The average Bonchev–Trinajstić information content (AvgIpc) is 3.21. The number of phenolic OH excluding ortho intramolecular Hbond substituents is 1. The quantitative estimate of drug-likeness (QED) is 0.146. The number of hydrogen-bond donors (Lipinski definition) is 5. The molecule has 1 fully saturated rings. The van der Waals surface area contributed by atoms with E-state index in [1.54, 1.807) is 24.3 Å². The number of aromatic hydroxyl groups is 1. The Hall–Kier alpha value is -2.76. The molecule has 1 aliphatic carbocycles. The molecule has 5 N–H and O–H groups in total. The predicted molar refractivity (Wildman–Crippen MR) is 162 cm³/mol. The van der Waals surface area contributed by atoms with E-state index >= 15 is 0 Å². The molecule has 41 heavy (non-hydrogen) atoms. The van der Waals surface area contributed by atoms with Crippen LogP contribution in [0, 0.1) is 17.8 Å². The van der Waals surface area contributed by atoms with E-state index in [2.05, 4.69) is 22.9 Å². The van der Waals surface area contributed by atoms with Crippen molar-refractivity contribution in [3.05, 3.63) is 69.2 Å². The summed E-state index contributed by atoms with van der Waals surface area (Å²) >= 11 is 3.44. The lowest BCUT2D eigenvalue weighted by molar-refractivity contribution is -0.123. The number of anilines is 1. The van der Waals surface area contributed by atoms with Gasteiger partial charge in [-0.2, -0.15) is 0 Å². The number of aliphatic hydroxyl groups is 2. The van der Waals surface area contributed by atoms with E-state index in [4.69, 9.17) is 0 Å². The van der Waals surface area contributed by atoms with Crippen LogP contribution in [0.4, 0.5) is 5.69 Å². The minimum Gasteiger partial charge on any atom is -0.507 e. The number of fused-ring (bicyclic) bond motifs is 1. The molecule has 0 unspecified atom stereocenters. The van der Waals surface area contributed by atoms with Gasteiger partial charge in [-0.15, -0.1) is 0 Å². The Bertz CT molecular complexity index is 1360. The molecule has 1 heterocycles. The number of halogens is 1. The topological polar surface area (TPSA) is 139 Å². The van der Waals surface area contributed by atoms with Gasteiger partial charge < -0.3 is 25.4 Å². The first kappa shape index (κ1) is 31.2. The van der Waals surface area contributed by atoms with Gasteiger partial charge in [0.15, 0.2) is 0 Å². The Morgan fingerprint density at radius 2 is 1.88 bits per heavy atom. The summed E-state index contributed by atoms with van der Waals surface area (Å²) in [7, 11) is -1.75. The highest BCUT2D eigenvalue weighted by Gasteiger charge is 2.55. The minimum absolute atomic E-state index is 0.160. The van der Waals surface area contributed by atoms with Crippen LogP contribution >= 0.6 is 15.9 Å². The maximum absolute atomic E-state index is 13.7. The molecule has 4 rings (SSSR count). The zero-order valence-electron chi connectivity index (χ0n) is 23.3. The smallest absolute Gasteiger partial charge is 0.488 e. The monoisotopic (exact) mass is 625 g/mol. The molecule has 8 nitrogen and oxygen atoms in total. The van der Waals surface area contributed by atoms with Crippen LogP contribution in [-0.2, 0) is 9.59 Å². The van der Waals surface area contributed by atoms with Crippen LogP contribution in [0.3, 0.4) is 0 Å². The van der Waals surface area contributed by atoms with Crippen molar-refractivity contribution < 1.29 is 35.0 Å². The van der Waals surface area contributed by atoms with Crippen molar-refractivity contribution in [1.29, 1.82) is 0 Å². The second-order valence-corrected chi connectivity index (χ2v) is 11.7. The molecule has 10 heteroatoms. The van der Waals surface area contributed by atoms with E-state index < -0.39 is 36.9 Å². The van der Waals surface area contributed by atoms with Gasteiger partial charge in [0, 0.05) is 16.0 Å². The largest absolute Gasteiger partial charge is 0.507 e. The predicted octanol–water partition coefficient (Wildman–Crippen LogP) is 3.68. The fourth-order valence-corrected chi connectivity index (χ4v) is 6.68. The van der Waals surface area contributed by atoms with Crippen LogP contribution in [-0.4, -0.2) is 57.0 Å². The third kappa shape index (κ3) is 6.52. The van der Waals surface area contributed by atoms with E-state index in [1.165, 1.54) is 12.1 Å². The number of carbonyl (C=O) groups is 2. The molecule has 0 bridgehead atoms. The summed E-state index contributed by atoms with van der Waals surface area (Å²) in [6.45, 7) is 3.63. The van der Waals surface area contributed by atoms with Gasteiger partial charge in [0.2, 0.25) is 11.8 Å². The van der Waals surface area contributed by atoms with Gasteiger partial charge in [-0.3, -0.25) is 14.5 Å². The Labute approximate surface area is 249 Å². The molecule has 2 aliphatic rings. The fraction of sp³-hybridized carbons (Fsp3) is 0.419. The van der Waals surface area contributed by atoms with Crippen LogP contribution in [0.15, 0.2) is 63.7 Å². The SMILES string of the molecule is CCC/C(=C\c1cc(Br)ccc1O)CC[C@@H](O)C1=C(CC)C[C@H]2C(=O)N(c3cccc(B(O)O)c3)C(=O)[C@H]2[C@H]1CO. The number of carbonyl (C=O) groups excluding carboxylic acids is 2. The first-order chi connectivity index (χ1) is 19.6. The third-order valence-corrected chi connectivity index (χ3v) is 8.75. The van der Waals surface area contributed by atoms with Crippen molar-refractivity contribution in [2.45, 2.75) is 58.5 Å². The zero-order valence-corrected chi connectivity index (χ0v) is 24.9. The molecule has 0 spiro atoms. The number of imide groups is 1. The zero-order chi connectivity index (χ0) is 29.8. The number of nitrogens with zero attached hydrogens (tertiary/aromatic N) is 1. The third-order valence-electron chi connectivity index (χ3n) is 8.25. The number of phenols is 1. The van der Waals surface area contributed by atoms with Crippen molar-refractivity contribution in [3.8, 4) is 5.75 Å². The van der Waals surface area contributed by atoms with Gasteiger partial charge in [0.25, 0.3) is 0 Å². The standard InChI is InChI=1S/C31H37BBrNO7/c1-3-6-18(13-20-14-22(33)10-12-26(20)36)9-11-27(37)28-19(4-2)15-24-29(25(28)17-35)31(39)34(30(24)38)23-8-5-7-21(16-23)32(40)41/h5,7-8,10,12-14,16,24-25,27,29,35-37,40-41H,3-4,6,9,11,15,17H2,1-2H3/b18-13+/t24-,25+,27-,29-/m1/s1.